The molecule has 168 valence electrons. The third kappa shape index (κ3) is 5.87. The molecule has 1 aromatic heterocycles. The van der Waals surface area contributed by atoms with Crippen molar-refractivity contribution in [1.82, 2.24) is 9.55 Å². The van der Waals surface area contributed by atoms with Gasteiger partial charge in [-0.2, -0.15) is 13.2 Å². The van der Waals surface area contributed by atoms with Crippen LogP contribution in [0.15, 0.2) is 59.4 Å². The third-order valence-corrected chi connectivity index (χ3v) is 4.42. The van der Waals surface area contributed by atoms with E-state index >= 15 is 0 Å². The summed E-state index contributed by atoms with van der Waals surface area (Å²) in [5.41, 5.74) is -0.963. The van der Waals surface area contributed by atoms with Crippen molar-refractivity contribution in [3.05, 3.63) is 82.0 Å². The maximum atomic E-state index is 12.9. The molecule has 3 aromatic rings. The minimum atomic E-state index is -4.54. The van der Waals surface area contributed by atoms with E-state index in [0.717, 1.165) is 16.7 Å². The molecule has 0 aliphatic carbocycles. The largest absolute Gasteiger partial charge is 0.497 e. The summed E-state index contributed by atoms with van der Waals surface area (Å²) in [6.45, 7) is 1.09. The zero-order valence-electron chi connectivity index (χ0n) is 17.3. The van der Waals surface area contributed by atoms with E-state index in [1.807, 2.05) is 0 Å². The van der Waals surface area contributed by atoms with Gasteiger partial charge >= 0.3 is 6.18 Å². The van der Waals surface area contributed by atoms with Crippen LogP contribution in [-0.4, -0.2) is 22.6 Å². The van der Waals surface area contributed by atoms with Crippen molar-refractivity contribution in [1.29, 1.82) is 0 Å². The number of methoxy groups -OCH3 is 1. The number of aryl methyl sites for hydroxylation is 1. The van der Waals surface area contributed by atoms with E-state index in [9.17, 15) is 22.8 Å². The number of amides is 1. The Hall–Kier alpha value is -3.82. The molecule has 0 unspecified atom stereocenters. The average molecular weight is 447 g/mol. The van der Waals surface area contributed by atoms with Crippen LogP contribution in [0, 0.1) is 6.92 Å². The Morgan fingerprint density at radius 3 is 2.44 bits per heavy atom. The van der Waals surface area contributed by atoms with Crippen LogP contribution in [0.1, 0.15) is 17.1 Å². The second-order valence-corrected chi connectivity index (χ2v) is 6.83. The lowest BCUT2D eigenvalue weighted by atomic mass is 10.2. The van der Waals surface area contributed by atoms with Gasteiger partial charge < -0.3 is 14.8 Å². The molecule has 1 amide bonds. The van der Waals surface area contributed by atoms with E-state index < -0.39 is 29.8 Å². The van der Waals surface area contributed by atoms with Crippen LogP contribution in [-0.2, 0) is 24.1 Å². The summed E-state index contributed by atoms with van der Waals surface area (Å²) < 4.78 is 50.5. The van der Waals surface area contributed by atoms with E-state index in [-0.39, 0.29) is 18.1 Å². The van der Waals surface area contributed by atoms with E-state index in [4.69, 9.17) is 9.47 Å². The molecule has 7 nitrogen and oxygen atoms in total. The predicted octanol–water partition coefficient (Wildman–Crippen LogP) is 3.80. The highest BCUT2D eigenvalue weighted by atomic mass is 19.4. The van der Waals surface area contributed by atoms with Gasteiger partial charge in [0, 0.05) is 17.4 Å². The number of carbonyl (C=O) groups excluding carboxylic acids is 1. The van der Waals surface area contributed by atoms with Crippen molar-refractivity contribution in [2.45, 2.75) is 26.3 Å². The molecule has 0 bridgehead atoms. The van der Waals surface area contributed by atoms with Crippen LogP contribution in [0.4, 0.5) is 18.9 Å². The summed E-state index contributed by atoms with van der Waals surface area (Å²) in [4.78, 5) is 29.2. The summed E-state index contributed by atoms with van der Waals surface area (Å²) in [6.07, 6.45) is -4.54. The lowest BCUT2D eigenvalue weighted by Gasteiger charge is -2.14. The van der Waals surface area contributed by atoms with E-state index in [0.29, 0.717) is 17.2 Å². The van der Waals surface area contributed by atoms with Gasteiger partial charge in [0.25, 0.3) is 5.56 Å². The Kier molecular flexibility index (Phi) is 6.82. The van der Waals surface area contributed by atoms with Crippen LogP contribution < -0.4 is 20.3 Å². The van der Waals surface area contributed by atoms with Crippen LogP contribution in [0.2, 0.25) is 0 Å². The van der Waals surface area contributed by atoms with Gasteiger partial charge in [0.1, 0.15) is 30.5 Å². The van der Waals surface area contributed by atoms with Crippen LogP contribution in [0.5, 0.6) is 11.5 Å². The number of anilines is 1. The molecular weight excluding hydrogens is 427 g/mol. The van der Waals surface area contributed by atoms with E-state index in [1.165, 1.54) is 25.3 Å². The third-order valence-electron chi connectivity index (χ3n) is 4.42. The predicted molar refractivity (Wildman–Crippen MR) is 111 cm³/mol. The van der Waals surface area contributed by atoms with Gasteiger partial charge in [-0.1, -0.05) is 6.07 Å². The Bertz CT molecular complexity index is 1160. The van der Waals surface area contributed by atoms with Crippen molar-refractivity contribution >= 4 is 11.6 Å². The van der Waals surface area contributed by atoms with Crippen molar-refractivity contribution in [3.8, 4) is 11.5 Å². The number of alkyl halides is 3. The molecule has 2 aromatic carbocycles. The van der Waals surface area contributed by atoms with Crippen LogP contribution in [0.3, 0.4) is 0 Å². The highest BCUT2D eigenvalue weighted by molar-refractivity contribution is 5.90. The van der Waals surface area contributed by atoms with Crippen molar-refractivity contribution in [3.63, 3.8) is 0 Å². The number of hydrogen-bond donors (Lipinski definition) is 1. The zero-order valence-corrected chi connectivity index (χ0v) is 17.3. The van der Waals surface area contributed by atoms with Gasteiger partial charge in [-0.25, -0.2) is 4.98 Å². The summed E-state index contributed by atoms with van der Waals surface area (Å²) in [7, 11) is 1.54. The average Bonchev–Trinajstić information content (AvgIpc) is 2.74. The number of carbonyl (C=O) groups is 1. The smallest absolute Gasteiger partial charge is 0.416 e. The number of benzene rings is 2. The Balaban J connectivity index is 1.75. The molecule has 0 aliphatic rings. The standard InChI is InChI=1S/C22H20F3N3O4/c1-14-10-21(30)28(19(26-14)13-32-18-8-6-17(31-2)7-9-18)12-20(29)27-16-5-3-4-15(11-16)22(23,24)25/h3-11H,12-13H2,1-2H3,(H,27,29). The first-order chi connectivity index (χ1) is 15.2. The molecule has 10 heteroatoms. The van der Waals surface area contributed by atoms with E-state index in [2.05, 4.69) is 10.3 Å². The van der Waals surface area contributed by atoms with Gasteiger partial charge in [-0.3, -0.25) is 14.2 Å². The first-order valence-electron chi connectivity index (χ1n) is 9.47. The molecule has 3 rings (SSSR count). The Morgan fingerprint density at radius 1 is 1.09 bits per heavy atom. The number of halogens is 3. The molecule has 0 saturated carbocycles. The lowest BCUT2D eigenvalue weighted by molar-refractivity contribution is -0.137. The van der Waals surface area contributed by atoms with E-state index in [1.54, 1.807) is 31.2 Å². The zero-order chi connectivity index (χ0) is 23.3. The fraction of sp³-hybridized carbons (Fsp3) is 0.227. The second kappa shape index (κ2) is 9.54. The lowest BCUT2D eigenvalue weighted by Crippen LogP contribution is -2.31. The van der Waals surface area contributed by atoms with Crippen molar-refractivity contribution in [2.75, 3.05) is 12.4 Å². The Morgan fingerprint density at radius 2 is 1.78 bits per heavy atom. The quantitative estimate of drug-likeness (QED) is 0.596. The topological polar surface area (TPSA) is 82.5 Å². The van der Waals surface area contributed by atoms with Gasteiger partial charge in [-0.05, 0) is 49.4 Å². The fourth-order valence-corrected chi connectivity index (χ4v) is 2.90. The monoisotopic (exact) mass is 447 g/mol. The molecule has 1 N–H and O–H groups in total. The first kappa shape index (κ1) is 22.9. The summed E-state index contributed by atoms with van der Waals surface area (Å²) in [6, 6.07) is 12.3. The molecule has 32 heavy (non-hydrogen) atoms. The first-order valence-corrected chi connectivity index (χ1v) is 9.47. The second-order valence-electron chi connectivity index (χ2n) is 6.83. The maximum Gasteiger partial charge on any atom is 0.416 e. The highest BCUT2D eigenvalue weighted by Gasteiger charge is 2.30. The number of hydrogen-bond acceptors (Lipinski definition) is 5. The summed E-state index contributed by atoms with van der Waals surface area (Å²) >= 11 is 0. The number of aromatic nitrogens is 2. The highest BCUT2D eigenvalue weighted by Crippen LogP contribution is 2.30. The minimum absolute atomic E-state index is 0.0334. The molecule has 1 heterocycles. The van der Waals surface area contributed by atoms with Crippen molar-refractivity contribution in [2.24, 2.45) is 0 Å². The molecule has 0 saturated heterocycles. The Labute approximate surface area is 181 Å². The molecule has 0 radical (unpaired) electrons. The molecule has 0 fully saturated rings. The SMILES string of the molecule is COc1ccc(OCc2nc(C)cc(=O)n2CC(=O)Nc2cccc(C(F)(F)F)c2)cc1. The van der Waals surface area contributed by atoms with Crippen molar-refractivity contribution < 1.29 is 27.4 Å². The van der Waals surface area contributed by atoms with Gasteiger partial charge in [-0.15, -0.1) is 0 Å². The molecule has 0 atom stereocenters. The number of nitrogens with zero attached hydrogens (tertiary/aromatic N) is 2. The van der Waals surface area contributed by atoms with Crippen LogP contribution in [0.25, 0.3) is 0 Å². The minimum Gasteiger partial charge on any atom is -0.497 e. The fourth-order valence-electron chi connectivity index (χ4n) is 2.90. The molecule has 0 aliphatic heterocycles. The number of rotatable bonds is 7. The van der Waals surface area contributed by atoms with Gasteiger partial charge in [0.2, 0.25) is 5.91 Å². The summed E-state index contributed by atoms with van der Waals surface area (Å²) in [5.74, 6) is 0.670. The number of ether oxygens (including phenoxy) is 2. The molecule has 0 spiro atoms. The number of nitrogens with one attached hydrogen (secondary N) is 1. The maximum absolute atomic E-state index is 12.9. The van der Waals surface area contributed by atoms with Gasteiger partial charge in [0.15, 0.2) is 0 Å². The normalized spacial score (nSPS) is 11.2. The summed E-state index contributed by atoms with van der Waals surface area (Å²) in [5, 5.41) is 2.38. The molecular formula is C22H20F3N3O4. The van der Waals surface area contributed by atoms with Gasteiger partial charge in [0.05, 0.1) is 12.7 Å². The van der Waals surface area contributed by atoms with Crippen LogP contribution >= 0.6 is 0 Å².